The molecule has 1 aromatic heterocycles. The highest BCUT2D eigenvalue weighted by Gasteiger charge is 2.32. The second kappa shape index (κ2) is 7.00. The first-order chi connectivity index (χ1) is 11.5. The van der Waals surface area contributed by atoms with E-state index in [0.717, 1.165) is 24.4 Å². The van der Waals surface area contributed by atoms with Crippen LogP contribution in [0.15, 0.2) is 24.4 Å². The first kappa shape index (κ1) is 19.2. The molecule has 25 heavy (non-hydrogen) atoms. The average molecular weight is 376 g/mol. The molecule has 0 spiro atoms. The minimum absolute atomic E-state index is 0.0196. The van der Waals surface area contributed by atoms with Crippen molar-refractivity contribution in [3.8, 4) is 16.9 Å². The Bertz CT molecular complexity index is 802. The highest BCUT2D eigenvalue weighted by molar-refractivity contribution is 6.31. The number of rotatable bonds is 4. The summed E-state index contributed by atoms with van der Waals surface area (Å²) in [6.45, 7) is 4.60. The normalized spacial score (nSPS) is 11.7. The lowest BCUT2D eigenvalue weighted by atomic mass is 9.99. The molecular formula is C17H14ClF4NO2. The summed E-state index contributed by atoms with van der Waals surface area (Å²) < 4.78 is 58.1. The van der Waals surface area contributed by atoms with Gasteiger partial charge in [0, 0.05) is 11.8 Å². The van der Waals surface area contributed by atoms with E-state index in [-0.39, 0.29) is 27.5 Å². The van der Waals surface area contributed by atoms with Gasteiger partial charge in [0.25, 0.3) is 0 Å². The van der Waals surface area contributed by atoms with Crippen molar-refractivity contribution in [2.45, 2.75) is 33.1 Å². The summed E-state index contributed by atoms with van der Waals surface area (Å²) in [6, 6.07) is 2.92. The van der Waals surface area contributed by atoms with E-state index in [9.17, 15) is 22.4 Å². The van der Waals surface area contributed by atoms with E-state index < -0.39 is 29.6 Å². The average Bonchev–Trinajstić information content (AvgIpc) is 2.49. The number of ketones is 1. The molecule has 0 atom stereocenters. The minimum atomic E-state index is -4.62. The summed E-state index contributed by atoms with van der Waals surface area (Å²) in [5.41, 5.74) is -1.26. The number of hydrogen-bond donors (Lipinski definition) is 0. The van der Waals surface area contributed by atoms with Crippen molar-refractivity contribution in [2.75, 3.05) is 0 Å². The van der Waals surface area contributed by atoms with Crippen molar-refractivity contribution in [2.24, 2.45) is 0 Å². The van der Waals surface area contributed by atoms with E-state index >= 15 is 0 Å². The highest BCUT2D eigenvalue weighted by atomic mass is 35.5. The number of benzene rings is 1. The molecular weight excluding hydrogens is 362 g/mol. The van der Waals surface area contributed by atoms with Gasteiger partial charge in [-0.15, -0.1) is 0 Å². The SMILES string of the molecule is CC(=O)c1cc(Cl)c(F)c(-c2ccc(C(F)(F)F)nc2)c1OC(C)C. The molecule has 0 unspecified atom stereocenters. The van der Waals surface area contributed by atoms with Crippen LogP contribution in [0.25, 0.3) is 11.1 Å². The molecule has 0 fully saturated rings. The van der Waals surface area contributed by atoms with Crippen LogP contribution in [0.1, 0.15) is 36.8 Å². The molecule has 1 heterocycles. The molecule has 0 aliphatic heterocycles. The van der Waals surface area contributed by atoms with Crippen molar-refractivity contribution in [1.82, 2.24) is 4.98 Å². The van der Waals surface area contributed by atoms with E-state index in [1.165, 1.54) is 6.92 Å². The third-order valence-electron chi connectivity index (χ3n) is 3.25. The number of carbonyl (C=O) groups is 1. The predicted octanol–water partition coefficient (Wildman–Crippen LogP) is 5.55. The molecule has 0 N–H and O–H groups in total. The second-order valence-corrected chi connectivity index (χ2v) is 5.98. The Balaban J connectivity index is 2.72. The second-order valence-electron chi connectivity index (χ2n) is 5.58. The zero-order valence-corrected chi connectivity index (χ0v) is 14.3. The summed E-state index contributed by atoms with van der Waals surface area (Å²) in [5, 5.41) is -0.337. The summed E-state index contributed by atoms with van der Waals surface area (Å²) in [6.07, 6.45) is -4.15. The van der Waals surface area contributed by atoms with Crippen LogP contribution in [-0.2, 0) is 6.18 Å². The molecule has 2 aromatic rings. The first-order valence-corrected chi connectivity index (χ1v) is 7.63. The number of carbonyl (C=O) groups excluding carboxylic acids is 1. The molecule has 0 saturated heterocycles. The van der Waals surface area contributed by atoms with Gasteiger partial charge in [-0.1, -0.05) is 17.7 Å². The van der Waals surface area contributed by atoms with E-state index in [0.29, 0.717) is 0 Å². The summed E-state index contributed by atoms with van der Waals surface area (Å²) in [7, 11) is 0. The fourth-order valence-corrected chi connectivity index (χ4v) is 2.40. The van der Waals surface area contributed by atoms with Gasteiger partial charge >= 0.3 is 6.18 Å². The van der Waals surface area contributed by atoms with Crippen LogP contribution >= 0.6 is 11.6 Å². The molecule has 1 aromatic carbocycles. The Hall–Kier alpha value is -2.15. The maximum Gasteiger partial charge on any atom is 0.433 e. The van der Waals surface area contributed by atoms with Gasteiger partial charge < -0.3 is 4.74 Å². The van der Waals surface area contributed by atoms with Crippen molar-refractivity contribution in [3.05, 3.63) is 46.5 Å². The smallest absolute Gasteiger partial charge is 0.433 e. The quantitative estimate of drug-likeness (QED) is 0.519. The lowest BCUT2D eigenvalue weighted by Crippen LogP contribution is -2.12. The van der Waals surface area contributed by atoms with Gasteiger partial charge in [-0.3, -0.25) is 9.78 Å². The van der Waals surface area contributed by atoms with Crippen LogP contribution in [0.2, 0.25) is 5.02 Å². The lowest BCUT2D eigenvalue weighted by Gasteiger charge is -2.19. The molecule has 2 rings (SSSR count). The minimum Gasteiger partial charge on any atom is -0.489 e. The Morgan fingerprint density at radius 1 is 1.28 bits per heavy atom. The van der Waals surface area contributed by atoms with Crippen LogP contribution < -0.4 is 4.74 Å². The van der Waals surface area contributed by atoms with E-state index in [4.69, 9.17) is 16.3 Å². The fourth-order valence-electron chi connectivity index (χ4n) is 2.20. The Kier molecular flexibility index (Phi) is 5.37. The maximum absolute atomic E-state index is 14.6. The van der Waals surface area contributed by atoms with Gasteiger partial charge in [-0.05, 0) is 32.9 Å². The summed E-state index contributed by atoms with van der Waals surface area (Å²) in [5.74, 6) is -1.39. The van der Waals surface area contributed by atoms with Gasteiger partial charge in [0.1, 0.15) is 11.4 Å². The largest absolute Gasteiger partial charge is 0.489 e. The third-order valence-corrected chi connectivity index (χ3v) is 3.52. The Morgan fingerprint density at radius 2 is 1.92 bits per heavy atom. The molecule has 0 radical (unpaired) electrons. The highest BCUT2D eigenvalue weighted by Crippen LogP contribution is 2.40. The van der Waals surface area contributed by atoms with Crippen molar-refractivity contribution < 1.29 is 27.1 Å². The van der Waals surface area contributed by atoms with Gasteiger partial charge in [0.05, 0.1) is 22.3 Å². The molecule has 134 valence electrons. The van der Waals surface area contributed by atoms with Crippen LogP contribution in [0, 0.1) is 5.82 Å². The number of Topliss-reactive ketones (excluding diaryl/α,β-unsaturated/α-hetero) is 1. The van der Waals surface area contributed by atoms with Crippen LogP contribution in [0.4, 0.5) is 17.6 Å². The molecule has 0 aliphatic rings. The Labute approximate surface area is 146 Å². The zero-order valence-electron chi connectivity index (χ0n) is 13.5. The summed E-state index contributed by atoms with van der Waals surface area (Å²) >= 11 is 5.84. The number of aromatic nitrogens is 1. The number of nitrogens with zero attached hydrogens (tertiary/aromatic N) is 1. The van der Waals surface area contributed by atoms with Gasteiger partial charge in [0.2, 0.25) is 0 Å². The lowest BCUT2D eigenvalue weighted by molar-refractivity contribution is -0.141. The number of ether oxygens (including phenoxy) is 1. The topological polar surface area (TPSA) is 39.2 Å². The molecule has 0 aliphatic carbocycles. The standard InChI is InChI=1S/C17H14ClF4NO2/c1-8(2)25-16-11(9(3)24)6-12(18)15(19)14(16)10-4-5-13(23-7-10)17(20,21)22/h4-8H,1-3H3. The van der Waals surface area contributed by atoms with Gasteiger partial charge in [-0.25, -0.2) is 4.39 Å². The van der Waals surface area contributed by atoms with Crippen LogP contribution in [0.5, 0.6) is 5.75 Å². The van der Waals surface area contributed by atoms with Crippen LogP contribution in [-0.4, -0.2) is 16.9 Å². The molecule has 0 amide bonds. The number of alkyl halides is 3. The van der Waals surface area contributed by atoms with Gasteiger partial charge in [-0.2, -0.15) is 13.2 Å². The van der Waals surface area contributed by atoms with Crippen molar-refractivity contribution >= 4 is 17.4 Å². The number of hydrogen-bond acceptors (Lipinski definition) is 3. The monoisotopic (exact) mass is 375 g/mol. The predicted molar refractivity (Wildman–Crippen MR) is 85.4 cm³/mol. The van der Waals surface area contributed by atoms with E-state index in [2.05, 4.69) is 4.98 Å². The van der Waals surface area contributed by atoms with Gasteiger partial charge in [0.15, 0.2) is 11.6 Å². The van der Waals surface area contributed by atoms with Crippen molar-refractivity contribution in [3.63, 3.8) is 0 Å². The third kappa shape index (κ3) is 4.10. The zero-order chi connectivity index (χ0) is 18.9. The van der Waals surface area contributed by atoms with E-state index in [1.54, 1.807) is 13.8 Å². The summed E-state index contributed by atoms with van der Waals surface area (Å²) in [4.78, 5) is 15.2. The molecule has 8 heteroatoms. The fraction of sp³-hybridized carbons (Fsp3) is 0.294. The number of halogens is 5. The molecule has 3 nitrogen and oxygen atoms in total. The van der Waals surface area contributed by atoms with Crippen LogP contribution in [0.3, 0.4) is 0 Å². The van der Waals surface area contributed by atoms with E-state index in [1.807, 2.05) is 0 Å². The van der Waals surface area contributed by atoms with Crippen molar-refractivity contribution in [1.29, 1.82) is 0 Å². The number of pyridine rings is 1. The first-order valence-electron chi connectivity index (χ1n) is 7.25. The molecule has 0 saturated carbocycles. The molecule has 0 bridgehead atoms. The maximum atomic E-state index is 14.6. The Morgan fingerprint density at radius 3 is 2.36 bits per heavy atom.